The monoisotopic (exact) mass is 327 g/mol. The van der Waals surface area contributed by atoms with Gasteiger partial charge in [-0.2, -0.15) is 0 Å². The highest BCUT2D eigenvalue weighted by molar-refractivity contribution is 9.10. The number of aliphatic hydroxyl groups is 1. The molecule has 106 valence electrons. The summed E-state index contributed by atoms with van der Waals surface area (Å²) in [5.74, 6) is 0. The molecule has 0 aromatic heterocycles. The number of rotatable bonds is 6. The standard InChI is InChI=1S/C15H22BrNO2/c1-17(11-12-5-4-10-19-12)9-8-15(18)13-6-2-3-7-14(13)16/h2-3,6-7,12,15,18H,4-5,8-11H2,1H3. The van der Waals surface area contributed by atoms with Crippen molar-refractivity contribution in [2.45, 2.75) is 31.5 Å². The minimum atomic E-state index is -0.414. The van der Waals surface area contributed by atoms with Gasteiger partial charge in [0.1, 0.15) is 0 Å². The number of ether oxygens (including phenoxy) is 1. The van der Waals surface area contributed by atoms with Gasteiger partial charge in [-0.15, -0.1) is 0 Å². The topological polar surface area (TPSA) is 32.7 Å². The molecule has 4 heteroatoms. The number of hydrogen-bond donors (Lipinski definition) is 1. The van der Waals surface area contributed by atoms with Gasteiger partial charge in [-0.3, -0.25) is 0 Å². The maximum atomic E-state index is 10.2. The Morgan fingerprint density at radius 2 is 2.26 bits per heavy atom. The molecule has 1 aliphatic rings. The van der Waals surface area contributed by atoms with E-state index in [2.05, 4.69) is 27.9 Å². The van der Waals surface area contributed by atoms with Crippen LogP contribution in [0.1, 0.15) is 30.9 Å². The van der Waals surface area contributed by atoms with Crippen LogP contribution in [0.15, 0.2) is 28.7 Å². The Kier molecular flexibility index (Phi) is 5.82. The van der Waals surface area contributed by atoms with Crippen molar-refractivity contribution in [3.63, 3.8) is 0 Å². The third kappa shape index (κ3) is 4.56. The zero-order valence-corrected chi connectivity index (χ0v) is 13.0. The first kappa shape index (κ1) is 15.0. The van der Waals surface area contributed by atoms with Crippen LogP contribution in [-0.4, -0.2) is 42.9 Å². The Balaban J connectivity index is 1.76. The Morgan fingerprint density at radius 3 is 2.95 bits per heavy atom. The van der Waals surface area contributed by atoms with Crippen LogP contribution in [-0.2, 0) is 4.74 Å². The van der Waals surface area contributed by atoms with E-state index in [9.17, 15) is 5.11 Å². The van der Waals surface area contributed by atoms with Crippen LogP contribution < -0.4 is 0 Å². The molecule has 19 heavy (non-hydrogen) atoms. The van der Waals surface area contributed by atoms with Gasteiger partial charge in [-0.25, -0.2) is 0 Å². The predicted octanol–water partition coefficient (Wildman–Crippen LogP) is 2.98. The highest BCUT2D eigenvalue weighted by Crippen LogP contribution is 2.25. The van der Waals surface area contributed by atoms with E-state index in [0.717, 1.165) is 42.6 Å². The number of benzene rings is 1. The third-order valence-corrected chi connectivity index (χ3v) is 4.31. The van der Waals surface area contributed by atoms with Gasteiger partial charge in [0.2, 0.25) is 0 Å². The molecule has 0 aliphatic carbocycles. The smallest absolute Gasteiger partial charge is 0.0813 e. The largest absolute Gasteiger partial charge is 0.388 e. The quantitative estimate of drug-likeness (QED) is 0.871. The molecule has 3 nitrogen and oxygen atoms in total. The van der Waals surface area contributed by atoms with Gasteiger partial charge in [-0.05, 0) is 37.9 Å². The molecule has 0 spiro atoms. The summed E-state index contributed by atoms with van der Waals surface area (Å²) < 4.78 is 6.60. The second-order valence-electron chi connectivity index (χ2n) is 5.22. The van der Waals surface area contributed by atoms with E-state index in [0.29, 0.717) is 6.10 Å². The molecule has 2 atom stereocenters. The van der Waals surface area contributed by atoms with E-state index < -0.39 is 6.10 Å². The second kappa shape index (κ2) is 7.39. The maximum absolute atomic E-state index is 10.2. The molecule has 1 fully saturated rings. The summed E-state index contributed by atoms with van der Waals surface area (Å²) >= 11 is 3.48. The van der Waals surface area contributed by atoms with Gasteiger partial charge in [-0.1, -0.05) is 34.1 Å². The molecule has 1 aliphatic heterocycles. The van der Waals surface area contributed by atoms with Gasteiger partial charge >= 0.3 is 0 Å². The van der Waals surface area contributed by atoms with E-state index in [1.54, 1.807) is 0 Å². The highest BCUT2D eigenvalue weighted by Gasteiger charge is 2.18. The first-order valence-corrected chi connectivity index (χ1v) is 7.68. The molecule has 1 aromatic carbocycles. The normalized spacial score (nSPS) is 20.9. The van der Waals surface area contributed by atoms with Crippen LogP contribution in [0.2, 0.25) is 0 Å². The molecular weight excluding hydrogens is 306 g/mol. The second-order valence-corrected chi connectivity index (χ2v) is 6.08. The van der Waals surface area contributed by atoms with E-state index in [1.807, 2.05) is 24.3 Å². The Hall–Kier alpha value is -0.420. The summed E-state index contributed by atoms with van der Waals surface area (Å²) in [6.45, 7) is 2.74. The van der Waals surface area contributed by atoms with Crippen LogP contribution in [0, 0.1) is 0 Å². The van der Waals surface area contributed by atoms with Crippen molar-refractivity contribution in [1.82, 2.24) is 4.90 Å². The average molecular weight is 328 g/mol. The zero-order valence-electron chi connectivity index (χ0n) is 11.4. The van der Waals surface area contributed by atoms with Crippen molar-refractivity contribution in [1.29, 1.82) is 0 Å². The van der Waals surface area contributed by atoms with Crippen LogP contribution >= 0.6 is 15.9 Å². The number of nitrogens with zero attached hydrogens (tertiary/aromatic N) is 1. The summed E-state index contributed by atoms with van der Waals surface area (Å²) in [4.78, 5) is 2.25. The summed E-state index contributed by atoms with van der Waals surface area (Å²) in [5, 5.41) is 10.2. The molecular formula is C15H22BrNO2. The first-order valence-electron chi connectivity index (χ1n) is 6.89. The molecule has 0 amide bonds. The van der Waals surface area contributed by atoms with Crippen molar-refractivity contribution in [2.24, 2.45) is 0 Å². The van der Waals surface area contributed by atoms with Gasteiger partial charge in [0.15, 0.2) is 0 Å². The Bertz CT molecular complexity index is 393. The van der Waals surface area contributed by atoms with Crippen molar-refractivity contribution < 1.29 is 9.84 Å². The van der Waals surface area contributed by atoms with E-state index in [-0.39, 0.29) is 0 Å². The summed E-state index contributed by atoms with van der Waals surface area (Å²) in [5.41, 5.74) is 0.966. The fourth-order valence-electron chi connectivity index (χ4n) is 2.47. The van der Waals surface area contributed by atoms with E-state index >= 15 is 0 Å². The van der Waals surface area contributed by atoms with E-state index in [4.69, 9.17) is 4.74 Å². The van der Waals surface area contributed by atoms with Crippen LogP contribution in [0.25, 0.3) is 0 Å². The van der Waals surface area contributed by atoms with Crippen molar-refractivity contribution in [2.75, 3.05) is 26.7 Å². The fraction of sp³-hybridized carbons (Fsp3) is 0.600. The highest BCUT2D eigenvalue weighted by atomic mass is 79.9. The minimum absolute atomic E-state index is 0.380. The molecule has 1 N–H and O–H groups in total. The number of aliphatic hydroxyl groups excluding tert-OH is 1. The number of halogens is 1. The lowest BCUT2D eigenvalue weighted by Crippen LogP contribution is -2.30. The molecule has 0 saturated carbocycles. The lowest BCUT2D eigenvalue weighted by atomic mass is 10.1. The minimum Gasteiger partial charge on any atom is -0.388 e. The van der Waals surface area contributed by atoms with Crippen LogP contribution in [0.3, 0.4) is 0 Å². The van der Waals surface area contributed by atoms with Gasteiger partial charge in [0, 0.05) is 24.2 Å². The van der Waals surface area contributed by atoms with Crippen molar-refractivity contribution in [3.8, 4) is 0 Å². The maximum Gasteiger partial charge on any atom is 0.0813 e. The molecule has 1 heterocycles. The third-order valence-electron chi connectivity index (χ3n) is 3.59. The molecule has 0 radical (unpaired) electrons. The van der Waals surface area contributed by atoms with Crippen LogP contribution in [0.5, 0.6) is 0 Å². The zero-order chi connectivity index (χ0) is 13.7. The number of hydrogen-bond acceptors (Lipinski definition) is 3. The fourth-order valence-corrected chi connectivity index (χ4v) is 3.02. The lowest BCUT2D eigenvalue weighted by molar-refractivity contribution is 0.0739. The molecule has 1 aromatic rings. The molecule has 2 unspecified atom stereocenters. The summed E-state index contributed by atoms with van der Waals surface area (Å²) in [6.07, 6.45) is 3.05. The van der Waals surface area contributed by atoms with Gasteiger partial charge in [0.25, 0.3) is 0 Å². The van der Waals surface area contributed by atoms with Gasteiger partial charge < -0.3 is 14.7 Å². The Labute approximate surface area is 123 Å². The van der Waals surface area contributed by atoms with Crippen molar-refractivity contribution >= 4 is 15.9 Å². The Morgan fingerprint density at radius 1 is 1.47 bits per heavy atom. The SMILES string of the molecule is CN(CCC(O)c1ccccc1Br)CC1CCCO1. The number of likely N-dealkylation sites (N-methyl/N-ethyl adjacent to an activating group) is 1. The molecule has 0 bridgehead atoms. The molecule has 2 rings (SSSR count). The summed E-state index contributed by atoms with van der Waals surface area (Å²) in [6, 6.07) is 7.85. The summed E-state index contributed by atoms with van der Waals surface area (Å²) in [7, 11) is 2.09. The molecule has 1 saturated heterocycles. The predicted molar refractivity (Wildman–Crippen MR) is 80.2 cm³/mol. The first-order chi connectivity index (χ1) is 9.16. The van der Waals surface area contributed by atoms with Gasteiger partial charge in [0.05, 0.1) is 12.2 Å². The van der Waals surface area contributed by atoms with E-state index in [1.165, 1.54) is 6.42 Å². The lowest BCUT2D eigenvalue weighted by Gasteiger charge is -2.22. The average Bonchev–Trinajstić information content (AvgIpc) is 2.89. The van der Waals surface area contributed by atoms with Crippen LogP contribution in [0.4, 0.5) is 0 Å². The van der Waals surface area contributed by atoms with Crippen molar-refractivity contribution in [3.05, 3.63) is 34.3 Å².